The molecule has 0 spiro atoms. The second kappa shape index (κ2) is 6.84. The molecule has 0 N–H and O–H groups in total. The molecule has 3 aromatic carbocycles. The number of benzene rings is 3. The molecule has 0 radical (unpaired) electrons. The van der Waals surface area contributed by atoms with Gasteiger partial charge in [0.1, 0.15) is 0 Å². The van der Waals surface area contributed by atoms with Crippen LogP contribution in [0, 0.1) is 31.6 Å². The van der Waals surface area contributed by atoms with Gasteiger partial charge in [0.2, 0.25) is 0 Å². The monoisotopic (exact) mass is 392 g/mol. The molecule has 4 bridgehead atoms. The zero-order chi connectivity index (χ0) is 20.3. The van der Waals surface area contributed by atoms with Crippen molar-refractivity contribution in [2.75, 3.05) is 0 Å². The van der Waals surface area contributed by atoms with Gasteiger partial charge in [-0.3, -0.25) is 0 Å². The van der Waals surface area contributed by atoms with E-state index in [9.17, 15) is 0 Å². The van der Waals surface area contributed by atoms with E-state index in [2.05, 4.69) is 80.6 Å². The van der Waals surface area contributed by atoms with Crippen LogP contribution in [0.5, 0.6) is 0 Å². The lowest BCUT2D eigenvalue weighted by Gasteiger charge is -2.57. The van der Waals surface area contributed by atoms with Crippen molar-refractivity contribution in [3.8, 4) is 22.3 Å². The summed E-state index contributed by atoms with van der Waals surface area (Å²) in [5.74, 6) is 3.01. The summed E-state index contributed by atoms with van der Waals surface area (Å²) in [5, 5.41) is 0. The van der Waals surface area contributed by atoms with Crippen LogP contribution in [0.3, 0.4) is 0 Å². The van der Waals surface area contributed by atoms with Crippen LogP contribution in [0.25, 0.3) is 22.3 Å². The Morgan fingerprint density at radius 2 is 1.00 bits per heavy atom. The lowest BCUT2D eigenvalue weighted by atomic mass is 9.48. The van der Waals surface area contributed by atoms with Crippen LogP contribution in [0.2, 0.25) is 0 Å². The first-order valence-electron chi connectivity index (χ1n) is 11.9. The summed E-state index contributed by atoms with van der Waals surface area (Å²) < 4.78 is 0. The molecule has 4 fully saturated rings. The molecule has 4 saturated carbocycles. The van der Waals surface area contributed by atoms with E-state index in [1.165, 1.54) is 71.9 Å². The molecule has 0 aromatic heterocycles. The van der Waals surface area contributed by atoms with Gasteiger partial charge in [0.15, 0.2) is 0 Å². The topological polar surface area (TPSA) is 0 Å². The van der Waals surface area contributed by atoms with Crippen molar-refractivity contribution in [2.24, 2.45) is 17.8 Å². The number of rotatable bonds is 3. The maximum atomic E-state index is 2.47. The van der Waals surface area contributed by atoms with Crippen LogP contribution in [-0.2, 0) is 5.41 Å². The van der Waals surface area contributed by atoms with Gasteiger partial charge in [-0.05, 0) is 115 Å². The van der Waals surface area contributed by atoms with E-state index in [0.717, 1.165) is 17.8 Å². The first kappa shape index (κ1) is 18.4. The van der Waals surface area contributed by atoms with Crippen molar-refractivity contribution in [3.05, 3.63) is 83.4 Å². The highest BCUT2D eigenvalue weighted by Crippen LogP contribution is 2.60. The number of aryl methyl sites for hydroxylation is 2. The molecule has 0 unspecified atom stereocenters. The summed E-state index contributed by atoms with van der Waals surface area (Å²) in [6.07, 6.45) is 8.88. The molecular formula is C30H32. The van der Waals surface area contributed by atoms with Crippen LogP contribution in [0.1, 0.15) is 55.2 Å². The lowest BCUT2D eigenvalue weighted by Crippen LogP contribution is -2.48. The minimum absolute atomic E-state index is 0.493. The van der Waals surface area contributed by atoms with E-state index < -0.39 is 0 Å². The Hall–Kier alpha value is -2.34. The van der Waals surface area contributed by atoms with Gasteiger partial charge in [-0.15, -0.1) is 0 Å². The third-order valence-corrected chi connectivity index (χ3v) is 8.33. The molecule has 0 atom stereocenters. The Bertz CT molecular complexity index is 1030. The SMILES string of the molecule is Cc1ccc(-c2cc(C)cc(-c3ccc(C45CC6CC(CC(C6)C4)C5)cc3)c2)cc1. The highest BCUT2D eigenvalue weighted by Gasteiger charge is 2.51. The molecule has 4 aliphatic rings. The van der Waals surface area contributed by atoms with Crippen LogP contribution in [0.15, 0.2) is 66.7 Å². The summed E-state index contributed by atoms with van der Waals surface area (Å²) in [6.45, 7) is 4.36. The predicted molar refractivity (Wildman–Crippen MR) is 127 cm³/mol. The smallest absolute Gasteiger partial charge is 0.00391 e. The van der Waals surface area contributed by atoms with Crippen LogP contribution in [-0.4, -0.2) is 0 Å². The van der Waals surface area contributed by atoms with Gasteiger partial charge in [0, 0.05) is 0 Å². The summed E-state index contributed by atoms with van der Waals surface area (Å²) in [5.41, 5.74) is 10.1. The second-order valence-electron chi connectivity index (χ2n) is 10.7. The van der Waals surface area contributed by atoms with Crippen molar-refractivity contribution in [2.45, 2.75) is 57.8 Å². The van der Waals surface area contributed by atoms with Crippen LogP contribution < -0.4 is 0 Å². The largest absolute Gasteiger partial charge is 0.0587 e. The van der Waals surface area contributed by atoms with Gasteiger partial charge in [0.05, 0.1) is 0 Å². The Morgan fingerprint density at radius 3 is 1.50 bits per heavy atom. The van der Waals surface area contributed by atoms with E-state index >= 15 is 0 Å². The molecule has 152 valence electrons. The maximum absolute atomic E-state index is 2.47. The first-order chi connectivity index (χ1) is 14.6. The molecule has 0 saturated heterocycles. The molecule has 0 heterocycles. The molecule has 7 rings (SSSR count). The van der Waals surface area contributed by atoms with Crippen LogP contribution in [0.4, 0.5) is 0 Å². The Kier molecular flexibility index (Phi) is 4.20. The first-order valence-corrected chi connectivity index (χ1v) is 11.9. The third kappa shape index (κ3) is 3.13. The van der Waals surface area contributed by atoms with E-state index in [4.69, 9.17) is 0 Å². The molecule has 3 aromatic rings. The molecule has 30 heavy (non-hydrogen) atoms. The highest BCUT2D eigenvalue weighted by atomic mass is 14.6. The van der Waals surface area contributed by atoms with Crippen LogP contribution >= 0.6 is 0 Å². The van der Waals surface area contributed by atoms with Crippen molar-refractivity contribution >= 4 is 0 Å². The maximum Gasteiger partial charge on any atom is -0.00391 e. The Labute approximate surface area is 181 Å². The lowest BCUT2D eigenvalue weighted by molar-refractivity contribution is -0.00518. The second-order valence-corrected chi connectivity index (χ2v) is 10.7. The summed E-state index contributed by atoms with van der Waals surface area (Å²) in [4.78, 5) is 0. The van der Waals surface area contributed by atoms with Gasteiger partial charge < -0.3 is 0 Å². The Morgan fingerprint density at radius 1 is 0.533 bits per heavy atom. The minimum atomic E-state index is 0.493. The molecule has 4 aliphatic carbocycles. The molecule has 0 heteroatoms. The van der Waals surface area contributed by atoms with Crippen molar-refractivity contribution in [1.29, 1.82) is 0 Å². The average Bonchev–Trinajstić information content (AvgIpc) is 2.73. The fourth-order valence-corrected chi connectivity index (χ4v) is 7.34. The normalized spacial score (nSPS) is 29.3. The quantitative estimate of drug-likeness (QED) is 0.422. The Balaban J connectivity index is 1.33. The van der Waals surface area contributed by atoms with Crippen molar-refractivity contribution < 1.29 is 0 Å². The van der Waals surface area contributed by atoms with Gasteiger partial charge in [-0.25, -0.2) is 0 Å². The summed E-state index contributed by atoms with van der Waals surface area (Å²) in [6, 6.07) is 25.6. The average molecular weight is 393 g/mol. The molecule has 0 aliphatic heterocycles. The number of hydrogen-bond donors (Lipinski definition) is 0. The fourth-order valence-electron chi connectivity index (χ4n) is 7.34. The minimum Gasteiger partial charge on any atom is -0.0587 e. The standard InChI is InChI=1S/C30H32/c1-20-3-5-25(6-4-20)27-11-21(2)12-28(16-27)26-7-9-29(10-8-26)30-17-22-13-23(18-30)15-24(14-22)19-30/h3-12,16,22-24H,13-15,17-19H2,1-2H3. The van der Waals surface area contributed by atoms with Gasteiger partial charge >= 0.3 is 0 Å². The van der Waals surface area contributed by atoms with Gasteiger partial charge in [0.25, 0.3) is 0 Å². The van der Waals surface area contributed by atoms with E-state index in [1.807, 2.05) is 0 Å². The fraction of sp³-hybridized carbons (Fsp3) is 0.400. The molecule has 0 nitrogen and oxygen atoms in total. The van der Waals surface area contributed by atoms with E-state index in [1.54, 1.807) is 5.56 Å². The van der Waals surface area contributed by atoms with Gasteiger partial charge in [-0.1, -0.05) is 66.2 Å². The van der Waals surface area contributed by atoms with Gasteiger partial charge in [-0.2, -0.15) is 0 Å². The zero-order valence-corrected chi connectivity index (χ0v) is 18.3. The van der Waals surface area contributed by atoms with E-state index in [-0.39, 0.29) is 0 Å². The highest BCUT2D eigenvalue weighted by molar-refractivity contribution is 5.74. The zero-order valence-electron chi connectivity index (χ0n) is 18.3. The molecular weight excluding hydrogens is 360 g/mol. The third-order valence-electron chi connectivity index (χ3n) is 8.33. The summed E-state index contributed by atoms with van der Waals surface area (Å²) >= 11 is 0. The number of hydrogen-bond acceptors (Lipinski definition) is 0. The van der Waals surface area contributed by atoms with Crippen molar-refractivity contribution in [1.82, 2.24) is 0 Å². The summed E-state index contributed by atoms with van der Waals surface area (Å²) in [7, 11) is 0. The van der Waals surface area contributed by atoms with E-state index in [0.29, 0.717) is 5.41 Å². The van der Waals surface area contributed by atoms with Crippen molar-refractivity contribution in [3.63, 3.8) is 0 Å². The predicted octanol–water partition coefficient (Wildman–Crippen LogP) is 8.11. The molecule has 0 amide bonds.